The van der Waals surface area contributed by atoms with Crippen LogP contribution in [-0.4, -0.2) is 6.04 Å². The first-order valence-electron chi connectivity index (χ1n) is 7.31. The minimum Gasteiger partial charge on any atom is -0.310 e. The normalized spacial score (nSPS) is 13.3. The zero-order chi connectivity index (χ0) is 13.5. The summed E-state index contributed by atoms with van der Waals surface area (Å²) < 4.78 is 0. The summed E-state index contributed by atoms with van der Waals surface area (Å²) >= 11 is 0. The molecule has 1 rings (SSSR count). The number of benzene rings is 1. The predicted octanol–water partition coefficient (Wildman–Crippen LogP) is 4.41. The number of nitrogens with one attached hydrogen (secondary N) is 1. The third kappa shape index (κ3) is 5.22. The van der Waals surface area contributed by atoms with Crippen molar-refractivity contribution in [1.82, 2.24) is 5.32 Å². The van der Waals surface area contributed by atoms with E-state index in [4.69, 9.17) is 0 Å². The van der Waals surface area contributed by atoms with Crippen molar-refractivity contribution in [1.29, 1.82) is 0 Å². The van der Waals surface area contributed by atoms with Gasteiger partial charge in [-0.15, -0.1) is 0 Å². The van der Waals surface area contributed by atoms with E-state index in [9.17, 15) is 0 Å². The smallest absolute Gasteiger partial charge is 0.0210 e. The highest BCUT2D eigenvalue weighted by Crippen LogP contribution is 2.14. The molecule has 1 heteroatoms. The molecule has 0 amide bonds. The number of hydrogen-bond donors (Lipinski definition) is 1. The monoisotopic (exact) mass is 247 g/mol. The van der Waals surface area contributed by atoms with Crippen LogP contribution in [0.3, 0.4) is 0 Å². The third-order valence-electron chi connectivity index (χ3n) is 3.72. The Morgan fingerprint density at radius 3 is 2.11 bits per heavy atom. The summed E-state index contributed by atoms with van der Waals surface area (Å²) in [5.74, 6) is 1.47. The lowest BCUT2D eigenvalue weighted by molar-refractivity contribution is 0.425. The standard InChI is InChI=1S/C17H29N/c1-13(2)10-11-16-8-6-7-9-17(16)12-18-15(5)14(3)4/h6-9,13-15,18H,10-12H2,1-5H3. The Balaban J connectivity index is 2.58. The lowest BCUT2D eigenvalue weighted by Gasteiger charge is -2.19. The molecule has 0 fully saturated rings. The van der Waals surface area contributed by atoms with Gasteiger partial charge in [0, 0.05) is 12.6 Å². The van der Waals surface area contributed by atoms with E-state index >= 15 is 0 Å². The van der Waals surface area contributed by atoms with Crippen molar-refractivity contribution < 1.29 is 0 Å². The second kappa shape index (κ2) is 7.58. The topological polar surface area (TPSA) is 12.0 Å². The van der Waals surface area contributed by atoms with E-state index in [1.54, 1.807) is 0 Å². The first-order chi connectivity index (χ1) is 8.50. The van der Waals surface area contributed by atoms with Crippen molar-refractivity contribution >= 4 is 0 Å². The zero-order valence-corrected chi connectivity index (χ0v) is 12.7. The molecule has 0 heterocycles. The minimum atomic E-state index is 0.572. The molecule has 0 spiro atoms. The molecule has 18 heavy (non-hydrogen) atoms. The Labute approximate surface area is 113 Å². The van der Waals surface area contributed by atoms with Crippen LogP contribution in [0.2, 0.25) is 0 Å². The van der Waals surface area contributed by atoms with Gasteiger partial charge < -0.3 is 5.32 Å². The van der Waals surface area contributed by atoms with Crippen LogP contribution >= 0.6 is 0 Å². The summed E-state index contributed by atoms with van der Waals surface area (Å²) in [6.45, 7) is 12.4. The first-order valence-corrected chi connectivity index (χ1v) is 7.31. The Morgan fingerprint density at radius 1 is 0.944 bits per heavy atom. The van der Waals surface area contributed by atoms with Crippen molar-refractivity contribution in [3.05, 3.63) is 35.4 Å². The molecule has 1 aromatic rings. The van der Waals surface area contributed by atoms with Gasteiger partial charge in [0.2, 0.25) is 0 Å². The maximum absolute atomic E-state index is 3.63. The molecule has 0 radical (unpaired) electrons. The number of rotatable bonds is 7. The van der Waals surface area contributed by atoms with Gasteiger partial charge >= 0.3 is 0 Å². The molecule has 0 aliphatic heterocycles. The van der Waals surface area contributed by atoms with Gasteiger partial charge in [-0.3, -0.25) is 0 Å². The fraction of sp³-hybridized carbons (Fsp3) is 0.647. The Bertz CT molecular complexity index is 341. The van der Waals surface area contributed by atoms with Crippen LogP contribution in [-0.2, 0) is 13.0 Å². The van der Waals surface area contributed by atoms with Crippen LogP contribution in [0.4, 0.5) is 0 Å². The predicted molar refractivity (Wildman–Crippen MR) is 80.7 cm³/mol. The molecule has 1 nitrogen and oxygen atoms in total. The molecule has 1 N–H and O–H groups in total. The molecular weight excluding hydrogens is 218 g/mol. The van der Waals surface area contributed by atoms with E-state index in [-0.39, 0.29) is 0 Å². The quantitative estimate of drug-likeness (QED) is 0.752. The van der Waals surface area contributed by atoms with Crippen molar-refractivity contribution in [2.75, 3.05) is 0 Å². The minimum absolute atomic E-state index is 0.572. The molecule has 0 aliphatic carbocycles. The molecule has 1 unspecified atom stereocenters. The fourth-order valence-corrected chi connectivity index (χ4v) is 1.92. The lowest BCUT2D eigenvalue weighted by Crippen LogP contribution is -2.30. The second-order valence-electron chi connectivity index (χ2n) is 6.11. The maximum atomic E-state index is 3.63. The van der Waals surface area contributed by atoms with Gasteiger partial charge in [0.1, 0.15) is 0 Å². The summed E-state index contributed by atoms with van der Waals surface area (Å²) in [5.41, 5.74) is 2.97. The summed E-state index contributed by atoms with van der Waals surface area (Å²) in [4.78, 5) is 0. The SMILES string of the molecule is CC(C)CCc1ccccc1CNC(C)C(C)C. The van der Waals surface area contributed by atoms with Gasteiger partial charge in [0.15, 0.2) is 0 Å². The molecule has 1 atom stereocenters. The highest BCUT2D eigenvalue weighted by atomic mass is 14.9. The van der Waals surface area contributed by atoms with E-state index in [1.165, 1.54) is 24.0 Å². The van der Waals surface area contributed by atoms with Crippen LogP contribution in [0, 0.1) is 11.8 Å². The molecule has 1 aromatic carbocycles. The van der Waals surface area contributed by atoms with Crippen LogP contribution in [0.1, 0.15) is 52.2 Å². The van der Waals surface area contributed by atoms with Gasteiger partial charge in [-0.05, 0) is 42.7 Å². The highest BCUT2D eigenvalue weighted by Gasteiger charge is 2.08. The molecule has 102 valence electrons. The maximum Gasteiger partial charge on any atom is 0.0210 e. The van der Waals surface area contributed by atoms with Crippen molar-refractivity contribution in [2.24, 2.45) is 11.8 Å². The van der Waals surface area contributed by atoms with Gasteiger partial charge in [-0.1, -0.05) is 52.0 Å². The molecule has 0 bridgehead atoms. The first kappa shape index (κ1) is 15.2. The third-order valence-corrected chi connectivity index (χ3v) is 3.72. The largest absolute Gasteiger partial charge is 0.310 e. The van der Waals surface area contributed by atoms with E-state index in [0.717, 1.165) is 12.5 Å². The summed E-state index contributed by atoms with van der Waals surface area (Å²) in [7, 11) is 0. The zero-order valence-electron chi connectivity index (χ0n) is 12.7. The Kier molecular flexibility index (Phi) is 6.42. The molecule has 0 aliphatic rings. The Hall–Kier alpha value is -0.820. The van der Waals surface area contributed by atoms with Gasteiger partial charge in [0.25, 0.3) is 0 Å². The van der Waals surface area contributed by atoms with Gasteiger partial charge in [0.05, 0.1) is 0 Å². The molecule has 0 saturated carbocycles. The van der Waals surface area contributed by atoms with Gasteiger partial charge in [-0.2, -0.15) is 0 Å². The van der Waals surface area contributed by atoms with Crippen molar-refractivity contribution in [2.45, 2.75) is 60.0 Å². The highest BCUT2D eigenvalue weighted by molar-refractivity contribution is 5.27. The lowest BCUT2D eigenvalue weighted by atomic mass is 9.98. The number of hydrogen-bond acceptors (Lipinski definition) is 1. The number of aryl methyl sites for hydroxylation is 1. The van der Waals surface area contributed by atoms with Gasteiger partial charge in [-0.25, -0.2) is 0 Å². The van der Waals surface area contributed by atoms with E-state index in [0.29, 0.717) is 12.0 Å². The summed E-state index contributed by atoms with van der Waals surface area (Å²) in [6.07, 6.45) is 2.47. The summed E-state index contributed by atoms with van der Waals surface area (Å²) in [5, 5.41) is 3.63. The van der Waals surface area contributed by atoms with E-state index in [1.807, 2.05) is 0 Å². The van der Waals surface area contributed by atoms with Crippen molar-refractivity contribution in [3.8, 4) is 0 Å². The Morgan fingerprint density at radius 2 is 1.56 bits per heavy atom. The average molecular weight is 247 g/mol. The average Bonchev–Trinajstić information content (AvgIpc) is 2.34. The van der Waals surface area contributed by atoms with Crippen molar-refractivity contribution in [3.63, 3.8) is 0 Å². The van der Waals surface area contributed by atoms with E-state index < -0.39 is 0 Å². The van der Waals surface area contributed by atoms with Crippen LogP contribution in [0.15, 0.2) is 24.3 Å². The molecule has 0 aromatic heterocycles. The van der Waals surface area contributed by atoms with Crippen LogP contribution < -0.4 is 5.32 Å². The summed E-state index contributed by atoms with van der Waals surface area (Å²) in [6, 6.07) is 9.42. The molecule has 0 saturated heterocycles. The van der Waals surface area contributed by atoms with Crippen LogP contribution in [0.25, 0.3) is 0 Å². The van der Waals surface area contributed by atoms with Crippen LogP contribution in [0.5, 0.6) is 0 Å². The molecular formula is C17H29N. The van der Waals surface area contributed by atoms with E-state index in [2.05, 4.69) is 64.2 Å². The fourth-order valence-electron chi connectivity index (χ4n) is 1.92. The second-order valence-corrected chi connectivity index (χ2v) is 6.11.